The minimum atomic E-state index is -0.282. The number of carbonyl (C=O) groups excluding carboxylic acids is 1. The zero-order valence-electron chi connectivity index (χ0n) is 18.2. The topological polar surface area (TPSA) is 77.9 Å². The highest BCUT2D eigenvalue weighted by Crippen LogP contribution is 2.31. The van der Waals surface area contributed by atoms with Crippen molar-refractivity contribution in [1.29, 1.82) is 0 Å². The Morgan fingerprint density at radius 3 is 2.52 bits per heavy atom. The van der Waals surface area contributed by atoms with Crippen molar-refractivity contribution in [3.05, 3.63) is 47.7 Å². The lowest BCUT2D eigenvalue weighted by molar-refractivity contribution is 0.0361. The van der Waals surface area contributed by atoms with E-state index in [1.54, 1.807) is 14.2 Å². The fourth-order valence-corrected chi connectivity index (χ4v) is 3.90. The monoisotopic (exact) mass is 424 g/mol. The maximum atomic E-state index is 13.3. The summed E-state index contributed by atoms with van der Waals surface area (Å²) < 4.78 is 18.3. The predicted molar refractivity (Wildman–Crippen MR) is 119 cm³/mol. The van der Waals surface area contributed by atoms with Gasteiger partial charge in [0.15, 0.2) is 5.69 Å². The quantitative estimate of drug-likeness (QED) is 0.628. The van der Waals surface area contributed by atoms with Crippen molar-refractivity contribution in [1.82, 2.24) is 14.7 Å². The summed E-state index contributed by atoms with van der Waals surface area (Å²) in [5, 5.41) is 8.43. The summed E-state index contributed by atoms with van der Waals surface area (Å²) in [6, 6.07) is 11.3. The van der Waals surface area contributed by atoms with Crippen LogP contribution in [0.5, 0.6) is 11.5 Å². The first-order valence-corrected chi connectivity index (χ1v) is 10.4. The van der Waals surface area contributed by atoms with Gasteiger partial charge >= 0.3 is 0 Å². The molecule has 8 nitrogen and oxygen atoms in total. The second-order valence-electron chi connectivity index (χ2n) is 7.49. The second kappa shape index (κ2) is 9.36. The van der Waals surface area contributed by atoms with Gasteiger partial charge in [0.05, 0.1) is 39.7 Å². The molecule has 3 aromatic rings. The number of ether oxygens (including phenoxy) is 3. The van der Waals surface area contributed by atoms with Gasteiger partial charge in [-0.1, -0.05) is 24.3 Å². The first-order chi connectivity index (χ1) is 15.1. The molecule has 1 aliphatic rings. The Morgan fingerprint density at radius 1 is 1.06 bits per heavy atom. The minimum absolute atomic E-state index is 0.282. The van der Waals surface area contributed by atoms with E-state index < -0.39 is 0 Å². The molecule has 1 N–H and O–H groups in total. The van der Waals surface area contributed by atoms with Crippen LogP contribution in [-0.4, -0.2) is 67.7 Å². The number of rotatable bonds is 7. The van der Waals surface area contributed by atoms with E-state index in [-0.39, 0.29) is 5.91 Å². The fourth-order valence-electron chi connectivity index (χ4n) is 3.90. The van der Waals surface area contributed by atoms with Crippen molar-refractivity contribution >= 4 is 22.5 Å². The standard InChI is InChI=1S/C23H28N4O4/c1-16-6-4-8-18(29-2)20(16)24-23(28)21-17-7-5-9-19(30-3)22(17)27(25-21)11-10-26-12-14-31-15-13-26/h4-9H,10-15H2,1-3H3,(H,24,28). The van der Waals surface area contributed by atoms with Gasteiger partial charge in [0.2, 0.25) is 0 Å². The first-order valence-electron chi connectivity index (χ1n) is 10.4. The number of hydrogen-bond donors (Lipinski definition) is 1. The zero-order valence-corrected chi connectivity index (χ0v) is 18.2. The summed E-state index contributed by atoms with van der Waals surface area (Å²) in [7, 11) is 3.22. The van der Waals surface area contributed by atoms with Gasteiger partial charge in [0.25, 0.3) is 5.91 Å². The Morgan fingerprint density at radius 2 is 1.77 bits per heavy atom. The van der Waals surface area contributed by atoms with Crippen LogP contribution >= 0.6 is 0 Å². The molecule has 2 heterocycles. The van der Waals surface area contributed by atoms with Gasteiger partial charge < -0.3 is 19.5 Å². The van der Waals surface area contributed by atoms with Gasteiger partial charge in [-0.25, -0.2) is 0 Å². The number of amides is 1. The molecule has 1 amide bonds. The Kier molecular flexibility index (Phi) is 6.39. The lowest BCUT2D eigenvalue weighted by Crippen LogP contribution is -2.38. The van der Waals surface area contributed by atoms with Gasteiger partial charge in [-0.2, -0.15) is 5.10 Å². The normalized spacial score (nSPS) is 14.5. The molecule has 1 aliphatic heterocycles. The van der Waals surface area contributed by atoms with Crippen molar-refractivity contribution in [2.24, 2.45) is 0 Å². The van der Waals surface area contributed by atoms with E-state index in [2.05, 4.69) is 15.3 Å². The summed E-state index contributed by atoms with van der Waals surface area (Å²) in [6.45, 7) is 6.70. The lowest BCUT2D eigenvalue weighted by atomic mass is 10.1. The van der Waals surface area contributed by atoms with E-state index >= 15 is 0 Å². The summed E-state index contributed by atoms with van der Waals surface area (Å²) >= 11 is 0. The number of fused-ring (bicyclic) bond motifs is 1. The molecular formula is C23H28N4O4. The van der Waals surface area contributed by atoms with Crippen LogP contribution in [0.4, 0.5) is 5.69 Å². The largest absolute Gasteiger partial charge is 0.495 e. The summed E-state index contributed by atoms with van der Waals surface area (Å²) in [5.41, 5.74) is 2.75. The highest BCUT2D eigenvalue weighted by Gasteiger charge is 2.22. The fraction of sp³-hybridized carbons (Fsp3) is 0.391. The van der Waals surface area contributed by atoms with E-state index in [9.17, 15) is 4.79 Å². The molecule has 0 radical (unpaired) electrons. The van der Waals surface area contributed by atoms with Gasteiger partial charge in [0, 0.05) is 25.0 Å². The smallest absolute Gasteiger partial charge is 0.276 e. The van der Waals surface area contributed by atoms with Crippen LogP contribution in [0.3, 0.4) is 0 Å². The summed E-state index contributed by atoms with van der Waals surface area (Å²) in [5.74, 6) is 1.03. The van der Waals surface area contributed by atoms with Crippen LogP contribution in [0.15, 0.2) is 36.4 Å². The van der Waals surface area contributed by atoms with Crippen LogP contribution in [0, 0.1) is 6.92 Å². The number of aromatic nitrogens is 2. The van der Waals surface area contributed by atoms with E-state index in [0.29, 0.717) is 29.4 Å². The van der Waals surface area contributed by atoms with Crippen LogP contribution < -0.4 is 14.8 Å². The van der Waals surface area contributed by atoms with Gasteiger partial charge in [-0.05, 0) is 24.6 Å². The highest BCUT2D eigenvalue weighted by atomic mass is 16.5. The predicted octanol–water partition coefficient (Wildman–Crippen LogP) is 2.95. The molecule has 2 aromatic carbocycles. The summed E-state index contributed by atoms with van der Waals surface area (Å²) in [6.07, 6.45) is 0. The molecule has 0 spiro atoms. The molecule has 0 bridgehead atoms. The molecule has 164 valence electrons. The third-order valence-corrected chi connectivity index (χ3v) is 5.59. The van der Waals surface area contributed by atoms with E-state index in [4.69, 9.17) is 14.2 Å². The minimum Gasteiger partial charge on any atom is -0.495 e. The van der Waals surface area contributed by atoms with Crippen molar-refractivity contribution in [3.63, 3.8) is 0 Å². The number of benzene rings is 2. The van der Waals surface area contributed by atoms with Gasteiger partial charge in [0.1, 0.15) is 17.0 Å². The van der Waals surface area contributed by atoms with Crippen LogP contribution in [0.1, 0.15) is 16.1 Å². The van der Waals surface area contributed by atoms with E-state index in [1.165, 1.54) is 0 Å². The van der Waals surface area contributed by atoms with Crippen molar-refractivity contribution in [3.8, 4) is 11.5 Å². The maximum Gasteiger partial charge on any atom is 0.276 e. The molecule has 4 rings (SSSR count). The number of nitrogens with zero attached hydrogens (tertiary/aromatic N) is 3. The van der Waals surface area contributed by atoms with Gasteiger partial charge in [-0.15, -0.1) is 0 Å². The molecular weight excluding hydrogens is 396 g/mol. The summed E-state index contributed by atoms with van der Waals surface area (Å²) in [4.78, 5) is 15.6. The Balaban J connectivity index is 1.67. The Labute approximate surface area is 181 Å². The van der Waals surface area contributed by atoms with Crippen LogP contribution in [0.2, 0.25) is 0 Å². The number of aryl methyl sites for hydroxylation is 1. The third kappa shape index (κ3) is 4.35. The molecule has 31 heavy (non-hydrogen) atoms. The van der Waals surface area contributed by atoms with Crippen LogP contribution in [0.25, 0.3) is 10.9 Å². The molecule has 1 fully saturated rings. The second-order valence-corrected chi connectivity index (χ2v) is 7.49. The average Bonchev–Trinajstić information content (AvgIpc) is 3.18. The SMILES string of the molecule is COc1cccc(C)c1NC(=O)c1nn(CCN2CCOCC2)c2c(OC)cccc12. The number of nitrogens with one attached hydrogen (secondary N) is 1. The molecule has 8 heteroatoms. The molecule has 0 aliphatic carbocycles. The number of carbonyl (C=O) groups is 1. The number of anilines is 1. The average molecular weight is 425 g/mol. The number of hydrogen-bond acceptors (Lipinski definition) is 6. The third-order valence-electron chi connectivity index (χ3n) is 5.59. The number of para-hydroxylation sites is 2. The molecule has 0 saturated carbocycles. The zero-order chi connectivity index (χ0) is 21.8. The molecule has 0 atom stereocenters. The Bertz CT molecular complexity index is 1070. The van der Waals surface area contributed by atoms with Gasteiger partial charge in [-0.3, -0.25) is 14.4 Å². The number of morpholine rings is 1. The molecule has 0 unspecified atom stereocenters. The number of methoxy groups -OCH3 is 2. The molecule has 1 aromatic heterocycles. The van der Waals surface area contributed by atoms with Crippen molar-refractivity contribution < 1.29 is 19.0 Å². The lowest BCUT2D eigenvalue weighted by Gasteiger charge is -2.26. The Hall–Kier alpha value is -3.10. The van der Waals surface area contributed by atoms with E-state index in [0.717, 1.165) is 49.3 Å². The first kappa shape index (κ1) is 21.1. The molecule has 1 saturated heterocycles. The van der Waals surface area contributed by atoms with E-state index in [1.807, 2.05) is 48.0 Å². The van der Waals surface area contributed by atoms with Crippen molar-refractivity contribution in [2.75, 3.05) is 52.4 Å². The van der Waals surface area contributed by atoms with Crippen molar-refractivity contribution in [2.45, 2.75) is 13.5 Å². The van der Waals surface area contributed by atoms with Crippen LogP contribution in [-0.2, 0) is 11.3 Å². The maximum absolute atomic E-state index is 13.3. The highest BCUT2D eigenvalue weighted by molar-refractivity contribution is 6.12.